The Morgan fingerprint density at radius 1 is 1.28 bits per heavy atom. The first-order chi connectivity index (χ1) is 8.66. The monoisotopic (exact) mass is 282 g/mol. The summed E-state index contributed by atoms with van der Waals surface area (Å²) in [5.41, 5.74) is 2.02. The van der Waals surface area contributed by atoms with E-state index < -0.39 is 0 Å². The molecule has 1 saturated carbocycles. The van der Waals surface area contributed by atoms with Crippen molar-refractivity contribution in [2.45, 2.75) is 45.1 Å². The van der Waals surface area contributed by atoms with Gasteiger partial charge in [-0.2, -0.15) is 0 Å². The fourth-order valence-electron chi connectivity index (χ4n) is 2.37. The molecule has 2 nitrogen and oxygen atoms in total. The van der Waals surface area contributed by atoms with Gasteiger partial charge in [0.1, 0.15) is 0 Å². The molecule has 0 heterocycles. The van der Waals surface area contributed by atoms with E-state index in [2.05, 4.69) is 10.6 Å². The first kappa shape index (κ1) is 13.6. The number of para-hydroxylation sites is 1. The molecule has 2 N–H and O–H groups in total. The van der Waals surface area contributed by atoms with Crippen molar-refractivity contribution < 1.29 is 0 Å². The van der Waals surface area contributed by atoms with Crippen LogP contribution in [0.2, 0.25) is 5.02 Å². The molecule has 1 aromatic rings. The van der Waals surface area contributed by atoms with E-state index in [4.69, 9.17) is 23.8 Å². The van der Waals surface area contributed by atoms with Gasteiger partial charge in [0, 0.05) is 6.04 Å². The van der Waals surface area contributed by atoms with Crippen molar-refractivity contribution in [2.75, 3.05) is 5.32 Å². The predicted molar refractivity (Wildman–Crippen MR) is 82.4 cm³/mol. The van der Waals surface area contributed by atoms with Gasteiger partial charge in [-0.15, -0.1) is 0 Å². The lowest BCUT2D eigenvalue weighted by molar-refractivity contribution is 0.415. The SMILES string of the molecule is Cc1cccc(Cl)c1NC(=S)NC1CCCCC1. The zero-order valence-electron chi connectivity index (χ0n) is 10.6. The molecule has 1 aromatic carbocycles. The Labute approximate surface area is 119 Å². The fraction of sp³-hybridized carbons (Fsp3) is 0.500. The summed E-state index contributed by atoms with van der Waals surface area (Å²) >= 11 is 11.5. The van der Waals surface area contributed by atoms with Crippen molar-refractivity contribution in [2.24, 2.45) is 0 Å². The van der Waals surface area contributed by atoms with Crippen molar-refractivity contribution >= 4 is 34.6 Å². The third-order valence-corrected chi connectivity index (χ3v) is 3.94. The third kappa shape index (κ3) is 3.59. The number of hydrogen-bond acceptors (Lipinski definition) is 1. The molecule has 1 fully saturated rings. The second-order valence-electron chi connectivity index (χ2n) is 4.87. The van der Waals surface area contributed by atoms with Crippen LogP contribution >= 0.6 is 23.8 Å². The largest absolute Gasteiger partial charge is 0.360 e. The highest BCUT2D eigenvalue weighted by Gasteiger charge is 2.14. The molecule has 18 heavy (non-hydrogen) atoms. The van der Waals surface area contributed by atoms with E-state index in [1.165, 1.54) is 32.1 Å². The average Bonchev–Trinajstić information content (AvgIpc) is 2.35. The molecular weight excluding hydrogens is 264 g/mol. The lowest BCUT2D eigenvalue weighted by Crippen LogP contribution is -2.39. The van der Waals surface area contributed by atoms with Crippen LogP contribution in [0, 0.1) is 6.92 Å². The van der Waals surface area contributed by atoms with Crippen molar-refractivity contribution in [3.8, 4) is 0 Å². The van der Waals surface area contributed by atoms with E-state index in [-0.39, 0.29) is 0 Å². The van der Waals surface area contributed by atoms with Crippen LogP contribution in [0.4, 0.5) is 5.69 Å². The highest BCUT2D eigenvalue weighted by atomic mass is 35.5. The third-order valence-electron chi connectivity index (χ3n) is 3.40. The minimum Gasteiger partial charge on any atom is -0.360 e. The van der Waals surface area contributed by atoms with Crippen LogP contribution in [-0.4, -0.2) is 11.2 Å². The van der Waals surface area contributed by atoms with Gasteiger partial charge in [-0.25, -0.2) is 0 Å². The summed E-state index contributed by atoms with van der Waals surface area (Å²) in [6.07, 6.45) is 6.37. The van der Waals surface area contributed by atoms with E-state index in [1.54, 1.807) is 0 Å². The van der Waals surface area contributed by atoms with Crippen LogP contribution in [0.3, 0.4) is 0 Å². The molecule has 2 rings (SSSR count). The Kier molecular flexibility index (Phi) is 4.84. The molecule has 0 atom stereocenters. The Morgan fingerprint density at radius 3 is 2.67 bits per heavy atom. The number of anilines is 1. The van der Waals surface area contributed by atoms with E-state index in [1.807, 2.05) is 25.1 Å². The molecule has 0 unspecified atom stereocenters. The summed E-state index contributed by atoms with van der Waals surface area (Å²) in [6.45, 7) is 2.03. The van der Waals surface area contributed by atoms with Crippen LogP contribution in [0.25, 0.3) is 0 Å². The molecule has 0 aromatic heterocycles. The number of hydrogen-bond donors (Lipinski definition) is 2. The lowest BCUT2D eigenvalue weighted by Gasteiger charge is -2.24. The van der Waals surface area contributed by atoms with Gasteiger partial charge < -0.3 is 10.6 Å². The molecule has 4 heteroatoms. The topological polar surface area (TPSA) is 24.1 Å². The van der Waals surface area contributed by atoms with Crippen molar-refractivity contribution in [1.82, 2.24) is 5.32 Å². The number of nitrogens with one attached hydrogen (secondary N) is 2. The Bertz CT molecular complexity index is 408. The zero-order valence-corrected chi connectivity index (χ0v) is 12.2. The molecule has 0 bridgehead atoms. The number of thiocarbonyl (C=S) groups is 1. The van der Waals surface area contributed by atoms with E-state index in [0.717, 1.165) is 11.3 Å². The maximum absolute atomic E-state index is 6.17. The molecule has 98 valence electrons. The van der Waals surface area contributed by atoms with Gasteiger partial charge in [0.15, 0.2) is 5.11 Å². The first-order valence-corrected chi connectivity index (χ1v) is 7.28. The second kappa shape index (κ2) is 6.39. The summed E-state index contributed by atoms with van der Waals surface area (Å²) in [4.78, 5) is 0. The minimum atomic E-state index is 0.515. The minimum absolute atomic E-state index is 0.515. The van der Waals surface area contributed by atoms with E-state index in [0.29, 0.717) is 16.2 Å². The smallest absolute Gasteiger partial charge is 0.171 e. The number of rotatable bonds is 2. The summed E-state index contributed by atoms with van der Waals surface area (Å²) < 4.78 is 0. The molecular formula is C14H19ClN2S. The van der Waals surface area contributed by atoms with Gasteiger partial charge in [0.25, 0.3) is 0 Å². The van der Waals surface area contributed by atoms with Crippen LogP contribution in [0.5, 0.6) is 0 Å². The van der Waals surface area contributed by atoms with Gasteiger partial charge in [-0.1, -0.05) is 43.0 Å². The zero-order chi connectivity index (χ0) is 13.0. The van der Waals surface area contributed by atoms with Crippen LogP contribution < -0.4 is 10.6 Å². The molecule has 0 amide bonds. The maximum atomic E-state index is 6.17. The van der Waals surface area contributed by atoms with Gasteiger partial charge >= 0.3 is 0 Å². The molecule has 0 saturated heterocycles. The normalized spacial score (nSPS) is 16.3. The quantitative estimate of drug-likeness (QED) is 0.792. The van der Waals surface area contributed by atoms with E-state index >= 15 is 0 Å². The molecule has 0 aliphatic heterocycles. The van der Waals surface area contributed by atoms with Crippen LogP contribution in [0.15, 0.2) is 18.2 Å². The predicted octanol–water partition coefficient (Wildman–Crippen LogP) is 4.27. The van der Waals surface area contributed by atoms with Crippen molar-refractivity contribution in [1.29, 1.82) is 0 Å². The lowest BCUT2D eigenvalue weighted by atomic mass is 9.96. The summed E-state index contributed by atoms with van der Waals surface area (Å²) in [7, 11) is 0. The Morgan fingerprint density at radius 2 is 2.00 bits per heavy atom. The molecule has 1 aliphatic rings. The van der Waals surface area contributed by atoms with Crippen molar-refractivity contribution in [3.63, 3.8) is 0 Å². The van der Waals surface area contributed by atoms with E-state index in [9.17, 15) is 0 Å². The standard InChI is InChI=1S/C14H19ClN2S/c1-10-6-5-9-12(15)13(10)17-14(18)16-11-7-3-2-4-8-11/h5-6,9,11H,2-4,7-8H2,1H3,(H2,16,17,18). The number of aryl methyl sites for hydroxylation is 1. The van der Waals surface area contributed by atoms with Gasteiger partial charge in [0.05, 0.1) is 10.7 Å². The highest BCUT2D eigenvalue weighted by Crippen LogP contribution is 2.25. The van der Waals surface area contributed by atoms with Gasteiger partial charge in [0.2, 0.25) is 0 Å². The second-order valence-corrected chi connectivity index (χ2v) is 5.68. The highest BCUT2D eigenvalue weighted by molar-refractivity contribution is 7.80. The first-order valence-electron chi connectivity index (χ1n) is 6.49. The maximum Gasteiger partial charge on any atom is 0.171 e. The fourth-order valence-corrected chi connectivity index (χ4v) is 2.91. The summed E-state index contributed by atoms with van der Waals surface area (Å²) in [5.74, 6) is 0. The molecule has 0 radical (unpaired) electrons. The van der Waals surface area contributed by atoms with Crippen LogP contribution in [-0.2, 0) is 0 Å². The summed E-state index contributed by atoms with van der Waals surface area (Å²) in [5, 5.41) is 7.99. The average molecular weight is 283 g/mol. The number of benzene rings is 1. The molecule has 1 aliphatic carbocycles. The summed E-state index contributed by atoms with van der Waals surface area (Å²) in [6, 6.07) is 6.36. The van der Waals surface area contributed by atoms with Crippen LogP contribution in [0.1, 0.15) is 37.7 Å². The van der Waals surface area contributed by atoms with Crippen molar-refractivity contribution in [3.05, 3.63) is 28.8 Å². The molecule has 0 spiro atoms. The van der Waals surface area contributed by atoms with Gasteiger partial charge in [-0.3, -0.25) is 0 Å². The Balaban J connectivity index is 1.94. The van der Waals surface area contributed by atoms with Gasteiger partial charge in [-0.05, 0) is 43.6 Å². The Hall–Kier alpha value is -0.800. The number of halogens is 1.